The molecule has 20 heavy (non-hydrogen) atoms. The number of rotatable bonds is 3. The smallest absolute Gasteiger partial charge is 0.255 e. The van der Waals surface area contributed by atoms with Gasteiger partial charge in [-0.25, -0.2) is 0 Å². The van der Waals surface area contributed by atoms with Crippen molar-refractivity contribution in [3.8, 4) is 5.75 Å². The Morgan fingerprint density at radius 2 is 1.80 bits per heavy atom. The molecule has 0 aliphatic carbocycles. The van der Waals surface area contributed by atoms with E-state index in [-0.39, 0.29) is 5.91 Å². The Labute approximate surface area is 121 Å². The van der Waals surface area contributed by atoms with E-state index in [0.717, 1.165) is 0 Å². The van der Waals surface area contributed by atoms with Gasteiger partial charge in [-0.3, -0.25) is 4.79 Å². The lowest BCUT2D eigenvalue weighted by atomic mass is 10.1. The molecule has 0 aromatic heterocycles. The van der Waals surface area contributed by atoms with Gasteiger partial charge in [0.25, 0.3) is 5.91 Å². The number of carbonyl (C=O) groups is 1. The highest BCUT2D eigenvalue weighted by Gasteiger charge is 2.10. The second-order valence-corrected chi connectivity index (χ2v) is 4.60. The van der Waals surface area contributed by atoms with Gasteiger partial charge in [-0.2, -0.15) is 0 Å². The molecule has 104 valence electrons. The highest BCUT2D eigenvalue weighted by atomic mass is 35.5. The Morgan fingerprint density at radius 1 is 1.15 bits per heavy atom. The third-order valence-electron chi connectivity index (χ3n) is 2.66. The summed E-state index contributed by atoms with van der Waals surface area (Å²) in [6.07, 6.45) is 0. The quantitative estimate of drug-likeness (QED) is 0.758. The molecule has 6 heteroatoms. The molecule has 0 saturated carbocycles. The predicted molar refractivity (Wildman–Crippen MR) is 81.2 cm³/mol. The van der Waals surface area contributed by atoms with Crippen LogP contribution in [0.3, 0.4) is 0 Å². The Balaban J connectivity index is 2.27. The zero-order chi connectivity index (χ0) is 14.7. The van der Waals surface area contributed by atoms with Crippen molar-refractivity contribution in [1.29, 1.82) is 0 Å². The van der Waals surface area contributed by atoms with Crippen molar-refractivity contribution < 1.29 is 9.53 Å². The first-order valence-corrected chi connectivity index (χ1v) is 6.18. The largest absolute Gasteiger partial charge is 0.497 e. The van der Waals surface area contributed by atoms with Crippen LogP contribution in [0.2, 0.25) is 5.02 Å². The van der Waals surface area contributed by atoms with E-state index in [1.807, 2.05) is 0 Å². The highest BCUT2D eigenvalue weighted by molar-refractivity contribution is 6.34. The fraction of sp³-hybridized carbons (Fsp3) is 0.0714. The molecule has 2 aromatic carbocycles. The molecule has 0 atom stereocenters. The van der Waals surface area contributed by atoms with E-state index >= 15 is 0 Å². The highest BCUT2D eigenvalue weighted by Crippen LogP contribution is 2.27. The Morgan fingerprint density at radius 3 is 2.40 bits per heavy atom. The lowest BCUT2D eigenvalue weighted by Gasteiger charge is -2.10. The molecule has 0 aliphatic rings. The van der Waals surface area contributed by atoms with E-state index in [1.54, 1.807) is 36.4 Å². The summed E-state index contributed by atoms with van der Waals surface area (Å²) < 4.78 is 5.09. The molecule has 0 aliphatic heterocycles. The van der Waals surface area contributed by atoms with E-state index in [4.69, 9.17) is 27.8 Å². The maximum atomic E-state index is 12.1. The number of methoxy groups -OCH3 is 1. The molecule has 0 fully saturated rings. The summed E-state index contributed by atoms with van der Waals surface area (Å²) in [5.74, 6) is 0.246. The van der Waals surface area contributed by atoms with Gasteiger partial charge in [0.1, 0.15) is 5.75 Å². The summed E-state index contributed by atoms with van der Waals surface area (Å²) >= 11 is 6.03. The Bertz CT molecular complexity index is 639. The van der Waals surface area contributed by atoms with Crippen molar-refractivity contribution in [3.63, 3.8) is 0 Å². The number of benzene rings is 2. The van der Waals surface area contributed by atoms with E-state index in [1.165, 1.54) is 7.11 Å². The Kier molecular flexibility index (Phi) is 4.00. The van der Waals surface area contributed by atoms with Crippen molar-refractivity contribution in [2.45, 2.75) is 0 Å². The fourth-order valence-electron chi connectivity index (χ4n) is 1.73. The topological polar surface area (TPSA) is 90.4 Å². The average molecular weight is 292 g/mol. The van der Waals surface area contributed by atoms with Gasteiger partial charge >= 0.3 is 0 Å². The van der Waals surface area contributed by atoms with E-state index in [0.29, 0.717) is 33.4 Å². The van der Waals surface area contributed by atoms with Crippen molar-refractivity contribution in [2.24, 2.45) is 0 Å². The Hall–Kier alpha value is -2.40. The summed E-state index contributed by atoms with van der Waals surface area (Å²) in [6.45, 7) is 0. The number of hydrogen-bond acceptors (Lipinski definition) is 4. The van der Waals surface area contributed by atoms with Crippen molar-refractivity contribution in [2.75, 3.05) is 23.9 Å². The number of anilines is 3. The van der Waals surface area contributed by atoms with Gasteiger partial charge in [0, 0.05) is 23.0 Å². The molecule has 2 aromatic rings. The summed E-state index contributed by atoms with van der Waals surface area (Å²) in [5.41, 5.74) is 13.0. The SMILES string of the molecule is COc1ccc(Cl)c(NC(=O)c2cc(N)cc(N)c2)c1. The van der Waals surface area contributed by atoms with Crippen LogP contribution in [-0.2, 0) is 0 Å². The number of nitrogens with two attached hydrogens (primary N) is 2. The third-order valence-corrected chi connectivity index (χ3v) is 2.99. The summed E-state index contributed by atoms with van der Waals surface area (Å²) in [6, 6.07) is 9.64. The minimum absolute atomic E-state index is 0.348. The maximum Gasteiger partial charge on any atom is 0.255 e. The minimum atomic E-state index is -0.348. The van der Waals surface area contributed by atoms with E-state index in [9.17, 15) is 4.79 Å². The third kappa shape index (κ3) is 3.13. The standard InChI is InChI=1S/C14H14ClN3O2/c1-20-11-2-3-12(15)13(7-11)18-14(19)8-4-9(16)6-10(17)5-8/h2-7H,16-17H2,1H3,(H,18,19). The summed E-state index contributed by atoms with van der Waals surface area (Å²) in [4.78, 5) is 12.1. The minimum Gasteiger partial charge on any atom is -0.497 e. The van der Waals surface area contributed by atoms with Gasteiger partial charge in [0.2, 0.25) is 0 Å². The molecule has 0 radical (unpaired) electrons. The summed E-state index contributed by atoms with van der Waals surface area (Å²) in [5, 5.41) is 3.11. The van der Waals surface area contributed by atoms with Crippen molar-refractivity contribution >= 4 is 34.6 Å². The summed E-state index contributed by atoms with van der Waals surface area (Å²) in [7, 11) is 1.54. The molecule has 0 bridgehead atoms. The molecular formula is C14H14ClN3O2. The number of carbonyl (C=O) groups excluding carboxylic acids is 1. The van der Waals surface area contributed by atoms with Gasteiger partial charge in [-0.1, -0.05) is 11.6 Å². The van der Waals surface area contributed by atoms with Gasteiger partial charge in [0.05, 0.1) is 17.8 Å². The van der Waals surface area contributed by atoms with Crippen LogP contribution in [0.1, 0.15) is 10.4 Å². The first-order valence-electron chi connectivity index (χ1n) is 5.80. The number of nitrogen functional groups attached to an aromatic ring is 2. The van der Waals surface area contributed by atoms with Crippen LogP contribution < -0.4 is 21.5 Å². The van der Waals surface area contributed by atoms with E-state index < -0.39 is 0 Å². The monoisotopic (exact) mass is 291 g/mol. The second-order valence-electron chi connectivity index (χ2n) is 4.19. The second kappa shape index (κ2) is 5.71. The van der Waals surface area contributed by atoms with Gasteiger partial charge in [-0.05, 0) is 30.3 Å². The number of hydrogen-bond donors (Lipinski definition) is 3. The predicted octanol–water partition coefficient (Wildman–Crippen LogP) is 2.77. The van der Waals surface area contributed by atoms with Crippen LogP contribution in [0.4, 0.5) is 17.1 Å². The lowest BCUT2D eigenvalue weighted by molar-refractivity contribution is 0.102. The van der Waals surface area contributed by atoms with Crippen LogP contribution >= 0.6 is 11.6 Å². The molecule has 0 heterocycles. The number of ether oxygens (including phenoxy) is 1. The number of nitrogens with one attached hydrogen (secondary N) is 1. The van der Waals surface area contributed by atoms with Crippen molar-refractivity contribution in [1.82, 2.24) is 0 Å². The molecular weight excluding hydrogens is 278 g/mol. The van der Waals surface area contributed by atoms with Crippen LogP contribution in [0, 0.1) is 0 Å². The molecule has 0 unspecified atom stereocenters. The van der Waals surface area contributed by atoms with Crippen LogP contribution in [0.25, 0.3) is 0 Å². The molecule has 0 saturated heterocycles. The van der Waals surface area contributed by atoms with E-state index in [2.05, 4.69) is 5.32 Å². The number of halogens is 1. The first-order chi connectivity index (χ1) is 9.49. The van der Waals surface area contributed by atoms with Gasteiger partial charge in [0.15, 0.2) is 0 Å². The maximum absolute atomic E-state index is 12.1. The average Bonchev–Trinajstić information content (AvgIpc) is 2.40. The first kappa shape index (κ1) is 14.0. The lowest BCUT2D eigenvalue weighted by Crippen LogP contribution is -2.13. The molecule has 2 rings (SSSR count). The van der Waals surface area contributed by atoms with Crippen LogP contribution in [-0.4, -0.2) is 13.0 Å². The van der Waals surface area contributed by atoms with Crippen molar-refractivity contribution in [3.05, 3.63) is 47.0 Å². The molecule has 1 amide bonds. The molecule has 5 nitrogen and oxygen atoms in total. The zero-order valence-electron chi connectivity index (χ0n) is 10.8. The number of amides is 1. The van der Waals surface area contributed by atoms with Gasteiger partial charge < -0.3 is 21.5 Å². The van der Waals surface area contributed by atoms with Gasteiger partial charge in [-0.15, -0.1) is 0 Å². The van der Waals surface area contributed by atoms with Crippen LogP contribution in [0.15, 0.2) is 36.4 Å². The fourth-order valence-corrected chi connectivity index (χ4v) is 1.89. The molecule has 0 spiro atoms. The normalized spacial score (nSPS) is 10.1. The zero-order valence-corrected chi connectivity index (χ0v) is 11.6. The van der Waals surface area contributed by atoms with Crippen LogP contribution in [0.5, 0.6) is 5.75 Å². The molecule has 5 N–H and O–H groups in total.